The maximum absolute atomic E-state index is 12.6. The van der Waals surface area contributed by atoms with Crippen molar-refractivity contribution in [1.29, 1.82) is 0 Å². The van der Waals surface area contributed by atoms with Crippen LogP contribution in [-0.4, -0.2) is 29.7 Å². The van der Waals surface area contributed by atoms with E-state index in [1.165, 1.54) is 16.0 Å². The van der Waals surface area contributed by atoms with Crippen LogP contribution in [0.25, 0.3) is 0 Å². The van der Waals surface area contributed by atoms with E-state index in [4.69, 9.17) is 0 Å². The van der Waals surface area contributed by atoms with Crippen molar-refractivity contribution in [3.63, 3.8) is 0 Å². The number of carbonyl (C=O) groups excluding carboxylic acids is 1. The Morgan fingerprint density at radius 2 is 1.60 bits per heavy atom. The molecule has 1 saturated heterocycles. The van der Waals surface area contributed by atoms with Gasteiger partial charge in [0.05, 0.1) is 12.3 Å². The molecule has 1 heterocycles. The minimum Gasteiger partial charge on any atom is -0.300 e. The number of aryl methyl sites for hydroxylation is 2. The molecule has 1 aliphatic rings. The molecule has 4 nitrogen and oxygen atoms in total. The minimum atomic E-state index is -0.0743. The average Bonchev–Trinajstić information content (AvgIpc) is 2.92. The number of nitrogens with zero attached hydrogens (tertiary/aromatic N) is 2. The molecule has 3 rings (SSSR count). The van der Waals surface area contributed by atoms with Gasteiger partial charge >= 0.3 is 5.91 Å². The van der Waals surface area contributed by atoms with Crippen LogP contribution < -0.4 is 4.90 Å². The molecular formula is C21H26N3O+. The summed E-state index contributed by atoms with van der Waals surface area (Å²) in [7, 11) is 0. The highest BCUT2D eigenvalue weighted by Crippen LogP contribution is 2.20. The third-order valence-corrected chi connectivity index (χ3v) is 4.75. The van der Waals surface area contributed by atoms with E-state index in [0.717, 1.165) is 11.1 Å². The lowest BCUT2D eigenvalue weighted by Crippen LogP contribution is -3.14. The summed E-state index contributed by atoms with van der Waals surface area (Å²) in [6.07, 6.45) is 1.71. The maximum Gasteiger partial charge on any atom is 0.303 e. The first kappa shape index (κ1) is 17.4. The lowest BCUT2D eigenvalue weighted by Gasteiger charge is -2.26. The summed E-state index contributed by atoms with van der Waals surface area (Å²) in [6, 6.07) is 16.9. The summed E-state index contributed by atoms with van der Waals surface area (Å²) in [5.41, 5.74) is 4.55. The zero-order valence-electron chi connectivity index (χ0n) is 15.4. The van der Waals surface area contributed by atoms with Crippen molar-refractivity contribution in [3.05, 3.63) is 70.8 Å². The number of hydrogen-bond donors (Lipinski definition) is 1. The average molecular weight is 336 g/mol. The van der Waals surface area contributed by atoms with Crippen molar-refractivity contribution in [2.24, 2.45) is 5.10 Å². The van der Waals surface area contributed by atoms with Crippen LogP contribution in [0.2, 0.25) is 0 Å². The molecule has 2 aromatic carbocycles. The number of quaternary nitrogens is 1. The second-order valence-electron chi connectivity index (χ2n) is 7.11. The summed E-state index contributed by atoms with van der Waals surface area (Å²) in [6.45, 7) is 8.90. The fourth-order valence-electron chi connectivity index (χ4n) is 3.19. The fraction of sp³-hybridized carbons (Fsp3) is 0.333. The third-order valence-electron chi connectivity index (χ3n) is 4.75. The van der Waals surface area contributed by atoms with Gasteiger partial charge in [-0.05, 0) is 33.3 Å². The molecule has 0 spiro atoms. The van der Waals surface area contributed by atoms with E-state index in [9.17, 15) is 4.79 Å². The van der Waals surface area contributed by atoms with Gasteiger partial charge in [0.25, 0.3) is 0 Å². The summed E-state index contributed by atoms with van der Waals surface area (Å²) >= 11 is 0. The second kappa shape index (κ2) is 7.19. The Bertz CT molecular complexity index is 763. The number of carbonyl (C=O) groups is 1. The van der Waals surface area contributed by atoms with Gasteiger partial charge in [-0.1, -0.05) is 59.7 Å². The van der Waals surface area contributed by atoms with Gasteiger partial charge in [0.2, 0.25) is 6.17 Å². The van der Waals surface area contributed by atoms with Gasteiger partial charge in [-0.15, -0.1) is 0 Å². The highest BCUT2D eigenvalue weighted by atomic mass is 16.2. The van der Waals surface area contributed by atoms with Crippen molar-refractivity contribution in [3.8, 4) is 0 Å². The molecule has 1 N–H and O–H groups in total. The van der Waals surface area contributed by atoms with E-state index in [0.29, 0.717) is 12.6 Å². The number of nitrogens with one attached hydrogen (secondary N) is 1. The molecule has 0 aromatic heterocycles. The van der Waals surface area contributed by atoms with E-state index in [1.54, 1.807) is 11.2 Å². The molecule has 0 saturated carbocycles. The van der Waals surface area contributed by atoms with Crippen LogP contribution in [0.4, 0.5) is 0 Å². The van der Waals surface area contributed by atoms with Gasteiger partial charge in [0.15, 0.2) is 6.54 Å². The van der Waals surface area contributed by atoms with Crippen LogP contribution in [0, 0.1) is 13.8 Å². The Hall–Kier alpha value is -2.46. The lowest BCUT2D eigenvalue weighted by molar-refractivity contribution is -0.944. The predicted octanol–water partition coefficient (Wildman–Crippen LogP) is 2.47. The number of amides is 1. The van der Waals surface area contributed by atoms with E-state index in [2.05, 4.69) is 69.2 Å². The molecule has 0 aliphatic carbocycles. The Balaban J connectivity index is 1.92. The molecule has 0 bridgehead atoms. The van der Waals surface area contributed by atoms with Crippen molar-refractivity contribution in [2.45, 2.75) is 39.9 Å². The number of hydrazone groups is 1. The standard InChI is InChI=1S/C21H25N3O/c1-15(2)23-14-20(25)24(21(23)19-11-7-17(4)8-12-19)22-13-18-9-5-16(3)6-10-18/h5-13,15,21H,14H2,1-4H3/p+1/b22-13-/t21-/m0/s1. The van der Waals surface area contributed by atoms with Crippen LogP contribution in [0.3, 0.4) is 0 Å². The second-order valence-corrected chi connectivity index (χ2v) is 7.11. The molecule has 25 heavy (non-hydrogen) atoms. The maximum atomic E-state index is 12.6. The molecule has 1 fully saturated rings. The smallest absolute Gasteiger partial charge is 0.300 e. The number of rotatable bonds is 4. The van der Waals surface area contributed by atoms with E-state index in [1.807, 2.05) is 12.1 Å². The zero-order chi connectivity index (χ0) is 18.0. The fourth-order valence-corrected chi connectivity index (χ4v) is 3.19. The summed E-state index contributed by atoms with van der Waals surface area (Å²) in [4.78, 5) is 13.8. The molecule has 1 unspecified atom stereocenters. The Kier molecular flexibility index (Phi) is 5.00. The van der Waals surface area contributed by atoms with E-state index in [-0.39, 0.29) is 12.1 Å². The van der Waals surface area contributed by atoms with Gasteiger partial charge < -0.3 is 4.90 Å². The van der Waals surface area contributed by atoms with Crippen LogP contribution in [0.5, 0.6) is 0 Å². The monoisotopic (exact) mass is 336 g/mol. The first-order valence-corrected chi connectivity index (χ1v) is 8.80. The molecule has 130 valence electrons. The molecule has 0 radical (unpaired) electrons. The lowest BCUT2D eigenvalue weighted by atomic mass is 10.1. The zero-order valence-corrected chi connectivity index (χ0v) is 15.4. The molecule has 2 aromatic rings. The topological polar surface area (TPSA) is 37.1 Å². The van der Waals surface area contributed by atoms with Gasteiger partial charge in [-0.2, -0.15) is 10.1 Å². The first-order valence-electron chi connectivity index (χ1n) is 8.80. The molecular weight excluding hydrogens is 310 g/mol. The predicted molar refractivity (Wildman–Crippen MR) is 101 cm³/mol. The highest BCUT2D eigenvalue weighted by molar-refractivity contribution is 5.83. The summed E-state index contributed by atoms with van der Waals surface area (Å²) in [5.74, 6) is 0.0673. The van der Waals surface area contributed by atoms with Gasteiger partial charge in [-0.25, -0.2) is 0 Å². The van der Waals surface area contributed by atoms with Gasteiger partial charge in [-0.3, -0.25) is 4.79 Å². The highest BCUT2D eigenvalue weighted by Gasteiger charge is 2.44. The summed E-state index contributed by atoms with van der Waals surface area (Å²) in [5, 5.41) is 6.21. The number of hydrogen-bond acceptors (Lipinski definition) is 2. The van der Waals surface area contributed by atoms with Gasteiger partial charge in [0.1, 0.15) is 0 Å². The Labute approximate surface area is 149 Å². The van der Waals surface area contributed by atoms with E-state index < -0.39 is 0 Å². The van der Waals surface area contributed by atoms with Crippen molar-refractivity contribution in [1.82, 2.24) is 5.01 Å². The van der Waals surface area contributed by atoms with Crippen LogP contribution in [0.15, 0.2) is 53.6 Å². The van der Waals surface area contributed by atoms with Crippen LogP contribution >= 0.6 is 0 Å². The number of benzene rings is 2. The quantitative estimate of drug-likeness (QED) is 0.856. The van der Waals surface area contributed by atoms with Crippen LogP contribution in [0.1, 0.15) is 42.3 Å². The SMILES string of the molecule is Cc1ccc(/C=N\N2C(=O)C[NH+](C(C)C)[C@@H]2c2ccc(C)cc2)cc1. The van der Waals surface area contributed by atoms with Crippen molar-refractivity contribution >= 4 is 12.1 Å². The molecule has 2 atom stereocenters. The van der Waals surface area contributed by atoms with Crippen molar-refractivity contribution in [2.75, 3.05) is 6.54 Å². The molecule has 4 heteroatoms. The Morgan fingerprint density at radius 3 is 2.16 bits per heavy atom. The molecule has 1 amide bonds. The largest absolute Gasteiger partial charge is 0.303 e. The normalized spacial score (nSPS) is 20.8. The summed E-state index contributed by atoms with van der Waals surface area (Å²) < 4.78 is 0. The Morgan fingerprint density at radius 1 is 1.04 bits per heavy atom. The third kappa shape index (κ3) is 3.80. The molecule has 1 aliphatic heterocycles. The minimum absolute atomic E-state index is 0.0673. The van der Waals surface area contributed by atoms with Gasteiger partial charge in [0, 0.05) is 5.56 Å². The van der Waals surface area contributed by atoms with Crippen molar-refractivity contribution < 1.29 is 9.69 Å². The van der Waals surface area contributed by atoms with E-state index >= 15 is 0 Å². The van der Waals surface area contributed by atoms with Crippen LogP contribution in [-0.2, 0) is 4.79 Å². The first-order chi connectivity index (χ1) is 12.0.